The molecule has 1 aromatic carbocycles. The monoisotopic (exact) mass is 475 g/mol. The fourth-order valence-corrected chi connectivity index (χ4v) is 9.31. The molecular formula is C33H49NO. The van der Waals surface area contributed by atoms with E-state index in [4.69, 9.17) is 0 Å². The zero-order valence-electron chi connectivity index (χ0n) is 23.1. The van der Waals surface area contributed by atoms with E-state index in [-0.39, 0.29) is 11.3 Å². The second-order valence-corrected chi connectivity index (χ2v) is 13.6. The fraction of sp³-hybridized carbons (Fsp3) is 0.727. The van der Waals surface area contributed by atoms with Gasteiger partial charge in [-0.25, -0.2) is 0 Å². The van der Waals surface area contributed by atoms with Crippen molar-refractivity contribution >= 4 is 5.91 Å². The number of hydrogen-bond donors (Lipinski definition) is 0. The van der Waals surface area contributed by atoms with Crippen LogP contribution < -0.4 is 0 Å². The van der Waals surface area contributed by atoms with Crippen LogP contribution in [0.2, 0.25) is 0 Å². The molecule has 3 fully saturated rings. The fourth-order valence-electron chi connectivity index (χ4n) is 9.31. The van der Waals surface area contributed by atoms with Gasteiger partial charge in [0.2, 0.25) is 5.91 Å². The van der Waals surface area contributed by atoms with Crippen LogP contribution in [0.1, 0.15) is 104 Å². The number of carbonyl (C=O) groups is 1. The van der Waals surface area contributed by atoms with Crippen molar-refractivity contribution in [1.29, 1.82) is 0 Å². The SMILES string of the molecule is CC(C)CCC[C@@H](C)[C@H]1CC[C@H]2[C@H]3C(=O)N(Cc4ccccc4)C4=CCCC[C@@]4(C)[C@@H]3CC[C@]12C. The largest absolute Gasteiger partial charge is 0.311 e. The van der Waals surface area contributed by atoms with Crippen LogP contribution in [0.15, 0.2) is 42.1 Å². The molecule has 1 amide bonds. The predicted molar refractivity (Wildman–Crippen MR) is 145 cm³/mol. The highest BCUT2D eigenvalue weighted by molar-refractivity contribution is 5.83. The second-order valence-electron chi connectivity index (χ2n) is 13.6. The van der Waals surface area contributed by atoms with Gasteiger partial charge in [0.1, 0.15) is 0 Å². The number of fused-ring (bicyclic) bond motifs is 5. The first-order chi connectivity index (χ1) is 16.8. The van der Waals surface area contributed by atoms with Gasteiger partial charge >= 0.3 is 0 Å². The third kappa shape index (κ3) is 4.31. The Morgan fingerprint density at radius 3 is 2.49 bits per heavy atom. The zero-order chi connectivity index (χ0) is 24.8. The lowest BCUT2D eigenvalue weighted by molar-refractivity contribution is -0.159. The number of hydrogen-bond acceptors (Lipinski definition) is 1. The Labute approximate surface area is 214 Å². The highest BCUT2D eigenvalue weighted by Gasteiger charge is 2.63. The van der Waals surface area contributed by atoms with Crippen LogP contribution in [0.5, 0.6) is 0 Å². The molecule has 2 nitrogen and oxygen atoms in total. The Morgan fingerprint density at radius 2 is 1.74 bits per heavy atom. The molecule has 0 unspecified atom stereocenters. The van der Waals surface area contributed by atoms with Gasteiger partial charge in [-0.1, -0.05) is 90.3 Å². The molecule has 3 aliphatic carbocycles. The van der Waals surface area contributed by atoms with E-state index < -0.39 is 0 Å². The Kier molecular flexibility index (Phi) is 6.96. The van der Waals surface area contributed by atoms with E-state index >= 15 is 0 Å². The molecule has 1 saturated heterocycles. The van der Waals surface area contributed by atoms with E-state index in [2.05, 4.69) is 75.9 Å². The maximum absolute atomic E-state index is 14.5. The topological polar surface area (TPSA) is 20.3 Å². The first kappa shape index (κ1) is 25.1. The minimum atomic E-state index is 0.161. The van der Waals surface area contributed by atoms with E-state index in [0.717, 1.165) is 30.7 Å². The maximum Gasteiger partial charge on any atom is 0.230 e. The number of allylic oxidation sites excluding steroid dienone is 2. The molecule has 2 saturated carbocycles. The lowest BCUT2D eigenvalue weighted by Gasteiger charge is -2.60. The molecule has 0 radical (unpaired) electrons. The Hall–Kier alpha value is -1.57. The number of benzene rings is 1. The van der Waals surface area contributed by atoms with Gasteiger partial charge in [-0.15, -0.1) is 0 Å². The van der Waals surface area contributed by atoms with Crippen molar-refractivity contribution in [2.75, 3.05) is 0 Å². The predicted octanol–water partition coefficient (Wildman–Crippen LogP) is 8.62. The minimum Gasteiger partial charge on any atom is -0.311 e. The molecule has 2 heteroatoms. The number of amides is 1. The molecule has 0 bridgehead atoms. The molecule has 1 aliphatic heterocycles. The van der Waals surface area contributed by atoms with Crippen molar-refractivity contribution in [1.82, 2.24) is 4.90 Å². The van der Waals surface area contributed by atoms with Crippen LogP contribution in [0, 0.1) is 46.3 Å². The van der Waals surface area contributed by atoms with Gasteiger partial charge in [0.15, 0.2) is 0 Å². The normalized spacial score (nSPS) is 37.5. The van der Waals surface area contributed by atoms with Crippen molar-refractivity contribution in [3.63, 3.8) is 0 Å². The standard InChI is InChI=1S/C33H49NO/c1-23(2)12-11-13-24(3)26-17-18-27-30-28(19-21-32(26,27)4)33(5)20-10-9-16-29(33)34(31(30)35)22-25-14-7-6-8-15-25/h6-8,14-16,23-24,26-28,30H,9-13,17-22H2,1-5H3/t24-,26-,27+,28-,30-,32-,33+/m1/s1. The van der Waals surface area contributed by atoms with Crippen molar-refractivity contribution in [3.05, 3.63) is 47.7 Å². The summed E-state index contributed by atoms with van der Waals surface area (Å²) in [5, 5.41) is 0. The molecular weight excluding hydrogens is 426 g/mol. The zero-order valence-corrected chi connectivity index (χ0v) is 23.1. The summed E-state index contributed by atoms with van der Waals surface area (Å²) in [4.78, 5) is 16.7. The van der Waals surface area contributed by atoms with E-state index in [1.165, 1.54) is 69.0 Å². The molecule has 0 spiro atoms. The van der Waals surface area contributed by atoms with Crippen LogP contribution in [0.3, 0.4) is 0 Å². The summed E-state index contributed by atoms with van der Waals surface area (Å²) >= 11 is 0. The summed E-state index contributed by atoms with van der Waals surface area (Å²) in [6.45, 7) is 13.1. The van der Waals surface area contributed by atoms with E-state index in [1.54, 1.807) is 0 Å². The van der Waals surface area contributed by atoms with Gasteiger partial charge < -0.3 is 4.90 Å². The molecule has 0 N–H and O–H groups in total. The van der Waals surface area contributed by atoms with Gasteiger partial charge in [-0.05, 0) is 85.5 Å². The van der Waals surface area contributed by atoms with Gasteiger partial charge in [0.05, 0.1) is 6.54 Å². The van der Waals surface area contributed by atoms with Crippen LogP contribution in [0.25, 0.3) is 0 Å². The van der Waals surface area contributed by atoms with Crippen LogP contribution in [-0.4, -0.2) is 10.8 Å². The smallest absolute Gasteiger partial charge is 0.230 e. The number of likely N-dealkylation sites (tertiary alicyclic amines) is 1. The molecule has 0 aromatic heterocycles. The molecule has 192 valence electrons. The van der Waals surface area contributed by atoms with Crippen molar-refractivity contribution < 1.29 is 4.79 Å². The number of nitrogens with zero attached hydrogens (tertiary/aromatic N) is 1. The summed E-state index contributed by atoms with van der Waals surface area (Å²) in [6, 6.07) is 10.7. The summed E-state index contributed by atoms with van der Waals surface area (Å²) < 4.78 is 0. The first-order valence-corrected chi connectivity index (χ1v) is 14.8. The van der Waals surface area contributed by atoms with Crippen LogP contribution >= 0.6 is 0 Å². The van der Waals surface area contributed by atoms with Crippen molar-refractivity contribution in [3.8, 4) is 0 Å². The lowest BCUT2D eigenvalue weighted by atomic mass is 9.48. The van der Waals surface area contributed by atoms with Crippen molar-refractivity contribution in [2.45, 2.75) is 105 Å². The van der Waals surface area contributed by atoms with Crippen molar-refractivity contribution in [2.24, 2.45) is 46.3 Å². The van der Waals surface area contributed by atoms with E-state index in [0.29, 0.717) is 23.2 Å². The summed E-state index contributed by atoms with van der Waals surface area (Å²) in [5.74, 6) is 4.12. The third-order valence-electron chi connectivity index (χ3n) is 11.1. The average Bonchev–Trinajstić information content (AvgIpc) is 3.19. The lowest BCUT2D eigenvalue weighted by Crippen LogP contribution is -2.60. The average molecular weight is 476 g/mol. The van der Waals surface area contributed by atoms with Gasteiger partial charge in [-0.3, -0.25) is 4.79 Å². The summed E-state index contributed by atoms with van der Waals surface area (Å²) in [5.41, 5.74) is 3.11. The van der Waals surface area contributed by atoms with Gasteiger partial charge in [0.25, 0.3) is 0 Å². The first-order valence-electron chi connectivity index (χ1n) is 14.8. The molecule has 1 aromatic rings. The second kappa shape index (κ2) is 9.71. The molecule has 1 heterocycles. The van der Waals surface area contributed by atoms with Gasteiger partial charge in [-0.2, -0.15) is 0 Å². The van der Waals surface area contributed by atoms with Gasteiger partial charge in [0, 0.05) is 17.0 Å². The minimum absolute atomic E-state index is 0.161. The van der Waals surface area contributed by atoms with E-state index in [1.807, 2.05) is 0 Å². The molecule has 7 atom stereocenters. The van der Waals surface area contributed by atoms with E-state index in [9.17, 15) is 4.79 Å². The Morgan fingerprint density at radius 1 is 0.971 bits per heavy atom. The molecule has 35 heavy (non-hydrogen) atoms. The Bertz CT molecular complexity index is 934. The summed E-state index contributed by atoms with van der Waals surface area (Å²) in [6.07, 6.45) is 15.3. The quantitative estimate of drug-likeness (QED) is 0.386. The number of rotatable bonds is 7. The summed E-state index contributed by atoms with van der Waals surface area (Å²) in [7, 11) is 0. The third-order valence-corrected chi connectivity index (χ3v) is 11.1. The Balaban J connectivity index is 1.43. The highest BCUT2D eigenvalue weighted by atomic mass is 16.2. The maximum atomic E-state index is 14.5. The number of piperidine rings is 1. The molecule has 4 aliphatic rings. The van der Waals surface area contributed by atoms with Crippen LogP contribution in [0.4, 0.5) is 0 Å². The number of carbonyl (C=O) groups excluding carboxylic acids is 1. The van der Waals surface area contributed by atoms with Crippen LogP contribution in [-0.2, 0) is 11.3 Å². The highest BCUT2D eigenvalue weighted by Crippen LogP contribution is 2.67. The molecule has 5 rings (SSSR count).